The smallest absolute Gasteiger partial charge is 0.243 e. The predicted molar refractivity (Wildman–Crippen MR) is 112 cm³/mol. The maximum Gasteiger partial charge on any atom is 0.243 e. The second-order valence-corrected chi connectivity index (χ2v) is 9.27. The standard InChI is InChI=1S/C20H23N3O5S/c1-13(24)14-2-6-16(7-3-14)22-20(26)10-23(17-8-4-15(21)5-9-17)18-11-29(27,28)12-19(18)25/h2-9,18-19,25H,10-12,21H2,1H3,(H,22,26). The quantitative estimate of drug-likeness (QED) is 0.473. The number of carbonyl (C=O) groups is 2. The Hall–Kier alpha value is -2.91. The minimum Gasteiger partial charge on any atom is -0.399 e. The Morgan fingerprint density at radius 1 is 1.10 bits per heavy atom. The van der Waals surface area contributed by atoms with Crippen molar-refractivity contribution in [2.75, 3.05) is 34.0 Å². The molecule has 8 nitrogen and oxygen atoms in total. The first-order valence-corrected chi connectivity index (χ1v) is 10.9. The fourth-order valence-corrected chi connectivity index (χ4v) is 5.12. The number of amides is 1. The van der Waals surface area contributed by atoms with Crippen LogP contribution in [0.25, 0.3) is 0 Å². The number of ketones is 1. The van der Waals surface area contributed by atoms with Gasteiger partial charge in [0.25, 0.3) is 0 Å². The Morgan fingerprint density at radius 3 is 2.24 bits per heavy atom. The monoisotopic (exact) mass is 417 g/mol. The van der Waals surface area contributed by atoms with E-state index in [2.05, 4.69) is 5.32 Å². The number of anilines is 3. The average molecular weight is 417 g/mol. The first-order valence-electron chi connectivity index (χ1n) is 9.06. The van der Waals surface area contributed by atoms with Crippen molar-refractivity contribution in [1.29, 1.82) is 0 Å². The average Bonchev–Trinajstić information content (AvgIpc) is 2.93. The Kier molecular flexibility index (Phi) is 5.90. The van der Waals surface area contributed by atoms with E-state index in [1.165, 1.54) is 6.92 Å². The lowest BCUT2D eigenvalue weighted by atomic mass is 10.1. The number of aliphatic hydroxyl groups is 1. The molecule has 0 spiro atoms. The van der Waals surface area contributed by atoms with Crippen LogP contribution in [0.15, 0.2) is 48.5 Å². The summed E-state index contributed by atoms with van der Waals surface area (Å²) in [5.74, 6) is -1.03. The van der Waals surface area contributed by atoms with Crippen molar-refractivity contribution in [3.05, 3.63) is 54.1 Å². The van der Waals surface area contributed by atoms with E-state index in [0.29, 0.717) is 22.6 Å². The first-order chi connectivity index (χ1) is 13.6. The van der Waals surface area contributed by atoms with Gasteiger partial charge in [-0.2, -0.15) is 0 Å². The molecule has 1 fully saturated rings. The SMILES string of the molecule is CC(=O)c1ccc(NC(=O)CN(c2ccc(N)cc2)C2CS(=O)(=O)CC2O)cc1. The molecule has 1 saturated heterocycles. The molecule has 0 aliphatic carbocycles. The summed E-state index contributed by atoms with van der Waals surface area (Å²) in [7, 11) is -3.39. The van der Waals surface area contributed by atoms with Gasteiger partial charge in [-0.15, -0.1) is 0 Å². The number of nitrogens with zero attached hydrogens (tertiary/aromatic N) is 1. The third-order valence-corrected chi connectivity index (χ3v) is 6.51. The van der Waals surface area contributed by atoms with E-state index in [4.69, 9.17) is 5.73 Å². The van der Waals surface area contributed by atoms with Crippen molar-refractivity contribution in [2.45, 2.75) is 19.1 Å². The molecule has 0 radical (unpaired) electrons. The fourth-order valence-electron chi connectivity index (χ4n) is 3.32. The first kappa shape index (κ1) is 20.8. The largest absolute Gasteiger partial charge is 0.399 e. The van der Waals surface area contributed by atoms with Crippen molar-refractivity contribution in [2.24, 2.45) is 0 Å². The van der Waals surface area contributed by atoms with E-state index in [1.54, 1.807) is 53.4 Å². The maximum atomic E-state index is 12.6. The van der Waals surface area contributed by atoms with Gasteiger partial charge in [-0.3, -0.25) is 9.59 Å². The maximum absolute atomic E-state index is 12.6. The Bertz CT molecular complexity index is 1000. The molecule has 154 valence electrons. The predicted octanol–water partition coefficient (Wildman–Crippen LogP) is 1.07. The number of aliphatic hydroxyl groups excluding tert-OH is 1. The summed E-state index contributed by atoms with van der Waals surface area (Å²) < 4.78 is 23.9. The second kappa shape index (κ2) is 8.22. The second-order valence-electron chi connectivity index (χ2n) is 7.11. The molecule has 0 saturated carbocycles. The molecular formula is C20H23N3O5S. The summed E-state index contributed by atoms with van der Waals surface area (Å²) in [6, 6.07) is 12.4. The van der Waals surface area contributed by atoms with Gasteiger partial charge in [0.15, 0.2) is 15.6 Å². The topological polar surface area (TPSA) is 130 Å². The third-order valence-electron chi connectivity index (χ3n) is 4.81. The van der Waals surface area contributed by atoms with Crippen LogP contribution in [-0.2, 0) is 14.6 Å². The molecule has 2 atom stereocenters. The van der Waals surface area contributed by atoms with Crippen LogP contribution in [0.5, 0.6) is 0 Å². The molecule has 1 amide bonds. The van der Waals surface area contributed by atoms with Crippen LogP contribution in [-0.4, -0.2) is 55.4 Å². The van der Waals surface area contributed by atoms with Gasteiger partial charge in [0.05, 0.1) is 30.2 Å². The fraction of sp³-hybridized carbons (Fsp3) is 0.300. The number of hydrogen-bond donors (Lipinski definition) is 3. The zero-order valence-electron chi connectivity index (χ0n) is 15.9. The molecule has 4 N–H and O–H groups in total. The Labute approximate surface area is 169 Å². The van der Waals surface area contributed by atoms with Crippen LogP contribution in [0.4, 0.5) is 17.1 Å². The van der Waals surface area contributed by atoms with E-state index in [9.17, 15) is 23.1 Å². The minimum absolute atomic E-state index is 0.0752. The summed E-state index contributed by atoms with van der Waals surface area (Å²) in [5, 5.41) is 13.0. The number of carbonyl (C=O) groups excluding carboxylic acids is 2. The highest BCUT2D eigenvalue weighted by molar-refractivity contribution is 7.91. The molecule has 9 heteroatoms. The van der Waals surface area contributed by atoms with Gasteiger partial charge in [0, 0.05) is 22.6 Å². The highest BCUT2D eigenvalue weighted by atomic mass is 32.2. The van der Waals surface area contributed by atoms with Gasteiger partial charge in [0.2, 0.25) is 5.91 Å². The lowest BCUT2D eigenvalue weighted by Crippen LogP contribution is -2.47. The molecular weight excluding hydrogens is 394 g/mol. The van der Waals surface area contributed by atoms with Gasteiger partial charge in [-0.1, -0.05) is 0 Å². The Morgan fingerprint density at radius 2 is 1.72 bits per heavy atom. The molecule has 2 aromatic carbocycles. The van der Waals surface area contributed by atoms with Crippen molar-refractivity contribution >= 4 is 38.6 Å². The highest BCUT2D eigenvalue weighted by Crippen LogP contribution is 2.26. The summed E-state index contributed by atoms with van der Waals surface area (Å²) in [5.41, 5.74) is 7.88. The number of benzene rings is 2. The Balaban J connectivity index is 1.80. The molecule has 2 unspecified atom stereocenters. The molecule has 1 aliphatic heterocycles. The molecule has 0 bridgehead atoms. The summed E-state index contributed by atoms with van der Waals surface area (Å²) >= 11 is 0. The molecule has 1 heterocycles. The summed E-state index contributed by atoms with van der Waals surface area (Å²) in [6.07, 6.45) is -1.10. The van der Waals surface area contributed by atoms with Gasteiger partial charge >= 0.3 is 0 Å². The number of nitrogens with two attached hydrogens (primary N) is 1. The highest BCUT2D eigenvalue weighted by Gasteiger charge is 2.40. The van der Waals surface area contributed by atoms with E-state index < -0.39 is 22.0 Å². The zero-order valence-corrected chi connectivity index (χ0v) is 16.7. The van der Waals surface area contributed by atoms with Crippen molar-refractivity contribution in [3.63, 3.8) is 0 Å². The van der Waals surface area contributed by atoms with Gasteiger partial charge < -0.3 is 21.1 Å². The van der Waals surface area contributed by atoms with E-state index in [1.807, 2.05) is 0 Å². The third kappa shape index (κ3) is 5.12. The minimum atomic E-state index is -3.39. The summed E-state index contributed by atoms with van der Waals surface area (Å²) in [4.78, 5) is 25.6. The number of sulfone groups is 1. The number of rotatable bonds is 6. The van der Waals surface area contributed by atoms with Crippen molar-refractivity contribution < 1.29 is 23.1 Å². The van der Waals surface area contributed by atoms with Gasteiger partial charge in [-0.05, 0) is 55.5 Å². The number of nitrogen functional groups attached to an aromatic ring is 1. The zero-order chi connectivity index (χ0) is 21.2. The van der Waals surface area contributed by atoms with Gasteiger partial charge in [0.1, 0.15) is 0 Å². The van der Waals surface area contributed by atoms with E-state index in [0.717, 1.165) is 0 Å². The summed E-state index contributed by atoms with van der Waals surface area (Å²) in [6.45, 7) is 1.30. The van der Waals surface area contributed by atoms with E-state index >= 15 is 0 Å². The van der Waals surface area contributed by atoms with E-state index in [-0.39, 0.29) is 29.7 Å². The van der Waals surface area contributed by atoms with Gasteiger partial charge in [-0.25, -0.2) is 8.42 Å². The lowest BCUT2D eigenvalue weighted by Gasteiger charge is -2.31. The number of Topliss-reactive ketones (excluding diaryl/α,β-unsaturated/α-hetero) is 1. The van der Waals surface area contributed by atoms with Crippen molar-refractivity contribution in [3.8, 4) is 0 Å². The number of nitrogens with one attached hydrogen (secondary N) is 1. The van der Waals surface area contributed by atoms with Crippen molar-refractivity contribution in [1.82, 2.24) is 0 Å². The molecule has 1 aliphatic rings. The van der Waals surface area contributed by atoms with Crippen LogP contribution in [0.2, 0.25) is 0 Å². The molecule has 29 heavy (non-hydrogen) atoms. The number of hydrogen-bond acceptors (Lipinski definition) is 7. The van der Waals surface area contributed by atoms with Crippen LogP contribution >= 0.6 is 0 Å². The van der Waals surface area contributed by atoms with Crippen LogP contribution < -0.4 is 16.0 Å². The van der Waals surface area contributed by atoms with Crippen LogP contribution in [0, 0.1) is 0 Å². The lowest BCUT2D eigenvalue weighted by molar-refractivity contribution is -0.115. The molecule has 2 aromatic rings. The van der Waals surface area contributed by atoms with Crippen LogP contribution in [0.1, 0.15) is 17.3 Å². The normalized spacial score (nSPS) is 20.2. The van der Waals surface area contributed by atoms with Crippen LogP contribution in [0.3, 0.4) is 0 Å². The molecule has 3 rings (SSSR count). The molecule has 0 aromatic heterocycles.